The first-order chi connectivity index (χ1) is 15.0. The highest BCUT2D eigenvalue weighted by Gasteiger charge is 2.19. The molecule has 1 aromatic carbocycles. The molecule has 0 N–H and O–H groups in total. The number of pyridine rings is 1. The van der Waals surface area contributed by atoms with Crippen molar-refractivity contribution >= 4 is 17.6 Å². The third-order valence-electron chi connectivity index (χ3n) is 4.88. The van der Waals surface area contributed by atoms with Crippen molar-refractivity contribution < 1.29 is 14.4 Å². The number of ketones is 1. The highest BCUT2D eigenvalue weighted by atomic mass is 16.2. The van der Waals surface area contributed by atoms with Crippen LogP contribution >= 0.6 is 0 Å². The van der Waals surface area contributed by atoms with Gasteiger partial charge in [0.25, 0.3) is 0 Å². The van der Waals surface area contributed by atoms with Gasteiger partial charge in [0.15, 0.2) is 5.78 Å². The molecule has 154 valence electrons. The third kappa shape index (κ3) is 4.47. The molecule has 0 unspecified atom stereocenters. The molecule has 3 aromatic heterocycles. The first-order valence-electron chi connectivity index (χ1n) is 9.52. The molecule has 4 aromatic rings. The first kappa shape index (κ1) is 21.4. The standard InChI is InChI=1S/C22H19N5O.CO2/c1-3-15-12-24-26(2)22(15)20(28)9-17-10-21-25-19(16-7-5-4-6-8-16)14-27(21)13-18(17)11-23;2-1-3/h4-8,10,12-14H,3,9H2,1-2H3;. The van der Waals surface area contributed by atoms with Crippen LogP contribution in [0.3, 0.4) is 0 Å². The quantitative estimate of drug-likeness (QED) is 0.465. The van der Waals surface area contributed by atoms with E-state index in [0.29, 0.717) is 22.5 Å². The SMILES string of the molecule is CCc1cnn(C)c1C(=O)Cc1cc2nc(-c3ccccc3)cn2cc1C#N.O=C=O. The molecule has 0 bridgehead atoms. The summed E-state index contributed by atoms with van der Waals surface area (Å²) in [4.78, 5) is 33.8. The topological polar surface area (TPSA) is 110 Å². The molecule has 0 saturated carbocycles. The summed E-state index contributed by atoms with van der Waals surface area (Å²) in [7, 11) is 1.77. The maximum Gasteiger partial charge on any atom is 0.373 e. The summed E-state index contributed by atoms with van der Waals surface area (Å²) in [6.07, 6.45) is 6.48. The Morgan fingerprint density at radius 3 is 2.48 bits per heavy atom. The fraction of sp³-hybridized carbons (Fsp3) is 0.174. The van der Waals surface area contributed by atoms with Crippen LogP contribution in [0.15, 0.2) is 55.0 Å². The number of carbonyl (C=O) groups is 1. The van der Waals surface area contributed by atoms with Crippen LogP contribution in [0.4, 0.5) is 0 Å². The number of nitrogens with zero attached hydrogens (tertiary/aromatic N) is 5. The normalized spacial score (nSPS) is 10.1. The summed E-state index contributed by atoms with van der Waals surface area (Å²) in [6.45, 7) is 2.00. The Hall–Kier alpha value is -4.34. The van der Waals surface area contributed by atoms with Crippen LogP contribution in [0.1, 0.15) is 34.1 Å². The minimum absolute atomic E-state index is 0.0486. The molecule has 31 heavy (non-hydrogen) atoms. The molecule has 0 fully saturated rings. The number of fused-ring (bicyclic) bond motifs is 1. The molecule has 0 amide bonds. The predicted molar refractivity (Wildman–Crippen MR) is 111 cm³/mol. The lowest BCUT2D eigenvalue weighted by molar-refractivity contribution is -0.191. The number of rotatable bonds is 5. The van der Waals surface area contributed by atoms with E-state index in [4.69, 9.17) is 9.59 Å². The van der Waals surface area contributed by atoms with Gasteiger partial charge in [-0.05, 0) is 18.1 Å². The van der Waals surface area contributed by atoms with Crippen LogP contribution in [0.25, 0.3) is 16.9 Å². The fourth-order valence-electron chi connectivity index (χ4n) is 3.43. The zero-order chi connectivity index (χ0) is 22.4. The first-order valence-corrected chi connectivity index (χ1v) is 9.52. The highest BCUT2D eigenvalue weighted by Crippen LogP contribution is 2.22. The number of hydrogen-bond acceptors (Lipinski definition) is 6. The molecule has 0 atom stereocenters. The van der Waals surface area contributed by atoms with Gasteiger partial charge in [0.1, 0.15) is 17.4 Å². The van der Waals surface area contributed by atoms with Crippen LogP contribution in [-0.4, -0.2) is 31.1 Å². The number of benzene rings is 1. The second kappa shape index (κ2) is 9.44. The maximum absolute atomic E-state index is 12.9. The average molecular weight is 413 g/mol. The molecular weight excluding hydrogens is 394 g/mol. The fourth-order valence-corrected chi connectivity index (χ4v) is 3.43. The van der Waals surface area contributed by atoms with Gasteiger partial charge in [-0.1, -0.05) is 37.3 Å². The van der Waals surface area contributed by atoms with E-state index in [9.17, 15) is 10.1 Å². The van der Waals surface area contributed by atoms with Crippen molar-refractivity contribution in [1.29, 1.82) is 5.26 Å². The van der Waals surface area contributed by atoms with Crippen LogP contribution in [-0.2, 0) is 29.5 Å². The summed E-state index contributed by atoms with van der Waals surface area (Å²) in [5, 5.41) is 13.8. The van der Waals surface area contributed by atoms with Crippen molar-refractivity contribution in [2.75, 3.05) is 0 Å². The van der Waals surface area contributed by atoms with Crippen LogP contribution in [0.5, 0.6) is 0 Å². The zero-order valence-electron chi connectivity index (χ0n) is 17.1. The van der Waals surface area contributed by atoms with E-state index in [0.717, 1.165) is 23.2 Å². The molecule has 0 radical (unpaired) electrons. The lowest BCUT2D eigenvalue weighted by Gasteiger charge is -2.07. The van der Waals surface area contributed by atoms with E-state index in [1.165, 1.54) is 0 Å². The smallest absolute Gasteiger partial charge is 0.305 e. The Morgan fingerprint density at radius 2 is 1.84 bits per heavy atom. The number of Topliss-reactive ketones (excluding diaryl/α,β-unsaturated/α-hetero) is 1. The Balaban J connectivity index is 0.000000858. The number of carbonyl (C=O) groups excluding carboxylic acids is 3. The zero-order valence-corrected chi connectivity index (χ0v) is 17.1. The number of imidazole rings is 1. The Bertz CT molecular complexity index is 1310. The van der Waals surface area contributed by atoms with E-state index in [1.54, 1.807) is 24.1 Å². The molecule has 8 nitrogen and oxygen atoms in total. The molecule has 4 rings (SSSR count). The van der Waals surface area contributed by atoms with Gasteiger partial charge in [0.2, 0.25) is 0 Å². The van der Waals surface area contributed by atoms with Crippen molar-refractivity contribution in [3.05, 3.63) is 77.4 Å². The summed E-state index contributed by atoms with van der Waals surface area (Å²) >= 11 is 0. The van der Waals surface area contributed by atoms with E-state index in [-0.39, 0.29) is 18.4 Å². The van der Waals surface area contributed by atoms with Crippen LogP contribution in [0.2, 0.25) is 0 Å². The summed E-state index contributed by atoms with van der Waals surface area (Å²) < 4.78 is 3.44. The van der Waals surface area contributed by atoms with E-state index in [2.05, 4.69) is 16.2 Å². The Morgan fingerprint density at radius 1 is 1.13 bits per heavy atom. The number of aryl methyl sites for hydroxylation is 2. The Kier molecular flexibility index (Phi) is 6.51. The van der Waals surface area contributed by atoms with Crippen molar-refractivity contribution in [3.8, 4) is 17.3 Å². The van der Waals surface area contributed by atoms with Crippen LogP contribution in [0, 0.1) is 11.3 Å². The minimum atomic E-state index is -0.0486. The third-order valence-corrected chi connectivity index (χ3v) is 4.88. The van der Waals surface area contributed by atoms with E-state index in [1.807, 2.05) is 53.9 Å². The van der Waals surface area contributed by atoms with Gasteiger partial charge in [0.05, 0.1) is 17.5 Å². The van der Waals surface area contributed by atoms with Crippen LogP contribution < -0.4 is 0 Å². The molecule has 0 aliphatic carbocycles. The molecule has 8 heteroatoms. The minimum Gasteiger partial charge on any atom is -0.305 e. The second-order valence-electron chi connectivity index (χ2n) is 6.76. The largest absolute Gasteiger partial charge is 0.373 e. The van der Waals surface area contributed by atoms with Gasteiger partial charge in [-0.25, -0.2) is 4.98 Å². The maximum atomic E-state index is 12.9. The predicted octanol–water partition coefficient (Wildman–Crippen LogP) is 3.01. The van der Waals surface area contributed by atoms with Gasteiger partial charge in [-0.3, -0.25) is 9.48 Å². The van der Waals surface area contributed by atoms with Gasteiger partial charge in [-0.2, -0.15) is 19.9 Å². The number of aromatic nitrogens is 4. The monoisotopic (exact) mass is 413 g/mol. The van der Waals surface area contributed by atoms with Gasteiger partial charge in [0, 0.05) is 37.0 Å². The molecular formula is C23H19N5O3. The van der Waals surface area contributed by atoms with Gasteiger partial charge < -0.3 is 4.40 Å². The molecule has 0 saturated heterocycles. The molecule has 0 spiro atoms. The van der Waals surface area contributed by atoms with Crippen molar-refractivity contribution in [3.63, 3.8) is 0 Å². The molecule has 0 aliphatic heterocycles. The Labute approximate surface area is 178 Å². The van der Waals surface area contributed by atoms with Crippen molar-refractivity contribution in [2.45, 2.75) is 19.8 Å². The average Bonchev–Trinajstić information content (AvgIpc) is 3.37. The molecule has 0 aliphatic rings. The highest BCUT2D eigenvalue weighted by molar-refractivity contribution is 5.97. The van der Waals surface area contributed by atoms with E-state index >= 15 is 0 Å². The lowest BCUT2D eigenvalue weighted by atomic mass is 10.0. The summed E-state index contributed by atoms with van der Waals surface area (Å²) in [5.74, 6) is -0.0486. The molecule has 3 heterocycles. The lowest BCUT2D eigenvalue weighted by Crippen LogP contribution is -2.13. The van der Waals surface area contributed by atoms with Gasteiger partial charge in [-0.15, -0.1) is 0 Å². The summed E-state index contributed by atoms with van der Waals surface area (Å²) in [6, 6.07) is 13.9. The van der Waals surface area contributed by atoms with Crippen molar-refractivity contribution in [1.82, 2.24) is 19.2 Å². The van der Waals surface area contributed by atoms with E-state index < -0.39 is 0 Å². The summed E-state index contributed by atoms with van der Waals surface area (Å²) in [5.41, 5.74) is 5.20. The number of hydrogen-bond donors (Lipinski definition) is 0. The number of nitriles is 1. The second-order valence-corrected chi connectivity index (χ2v) is 6.76. The van der Waals surface area contributed by atoms with Gasteiger partial charge >= 0.3 is 6.15 Å². The van der Waals surface area contributed by atoms with Crippen molar-refractivity contribution in [2.24, 2.45) is 7.05 Å².